The first-order valence-electron chi connectivity index (χ1n) is 9.74. The van der Waals surface area contributed by atoms with Gasteiger partial charge in [-0.3, -0.25) is 4.79 Å². The lowest BCUT2D eigenvalue weighted by atomic mass is 9.89. The Kier molecular flexibility index (Phi) is 5.80. The third-order valence-electron chi connectivity index (χ3n) is 5.56. The van der Waals surface area contributed by atoms with E-state index in [1.54, 1.807) is 24.3 Å². The van der Waals surface area contributed by atoms with Gasteiger partial charge in [0.05, 0.1) is 19.3 Å². The second-order valence-corrected chi connectivity index (χ2v) is 7.48. The molecular weight excluding hydrogens is 424 g/mol. The molecule has 0 spiro atoms. The van der Waals surface area contributed by atoms with Gasteiger partial charge in [-0.15, -0.1) is 0 Å². The topological polar surface area (TPSA) is 170 Å². The number of fused-ring (bicyclic) bond motifs is 1. The molecule has 10 heteroatoms. The first-order chi connectivity index (χ1) is 15.3. The van der Waals surface area contributed by atoms with E-state index in [1.165, 1.54) is 7.11 Å². The number of rotatable bonds is 4. The number of aliphatic hydroxyl groups excluding tert-OH is 4. The number of hydrogen-bond donors (Lipinski definition) is 6. The quantitative estimate of drug-likeness (QED) is 0.330. The van der Waals surface area contributed by atoms with Gasteiger partial charge in [-0.1, -0.05) is 0 Å². The van der Waals surface area contributed by atoms with Gasteiger partial charge in [0, 0.05) is 17.7 Å². The maximum absolute atomic E-state index is 12.8. The summed E-state index contributed by atoms with van der Waals surface area (Å²) in [5, 5.41) is 60.8. The van der Waals surface area contributed by atoms with Crippen molar-refractivity contribution in [2.45, 2.75) is 30.5 Å². The first-order valence-corrected chi connectivity index (χ1v) is 9.74. The summed E-state index contributed by atoms with van der Waals surface area (Å²) < 4.78 is 16.2. The Balaban J connectivity index is 1.83. The minimum atomic E-state index is -1.76. The number of phenols is 2. The van der Waals surface area contributed by atoms with E-state index < -0.39 is 54.1 Å². The molecule has 0 radical (unpaired) electrons. The summed E-state index contributed by atoms with van der Waals surface area (Å²) in [7, 11) is 1.52. The predicted octanol–water partition coefficient (Wildman–Crippen LogP) is 0.395. The molecule has 32 heavy (non-hydrogen) atoms. The molecule has 2 heterocycles. The SMILES string of the molecule is COc1ccc(-c2cc(=O)c3c(O)c(C4OC(CO)C(O)C(O)C4O)c(O)cc3o2)cc1. The molecule has 6 N–H and O–H groups in total. The van der Waals surface area contributed by atoms with Crippen LogP contribution in [0.5, 0.6) is 17.2 Å². The van der Waals surface area contributed by atoms with Gasteiger partial charge in [-0.25, -0.2) is 0 Å². The zero-order valence-electron chi connectivity index (χ0n) is 16.9. The normalized spacial score (nSPS) is 25.7. The number of methoxy groups -OCH3 is 1. The summed E-state index contributed by atoms with van der Waals surface area (Å²) >= 11 is 0. The van der Waals surface area contributed by atoms with Crippen molar-refractivity contribution in [2.24, 2.45) is 0 Å². The van der Waals surface area contributed by atoms with Crippen LogP contribution in [0.1, 0.15) is 11.7 Å². The minimum Gasteiger partial charge on any atom is -0.507 e. The number of aromatic hydroxyl groups is 2. The number of benzene rings is 2. The fourth-order valence-corrected chi connectivity index (χ4v) is 3.82. The summed E-state index contributed by atoms with van der Waals surface area (Å²) in [4.78, 5) is 12.8. The van der Waals surface area contributed by atoms with Crippen LogP contribution in [0, 0.1) is 0 Å². The summed E-state index contributed by atoms with van der Waals surface area (Å²) in [6, 6.07) is 8.95. The predicted molar refractivity (Wildman–Crippen MR) is 111 cm³/mol. The van der Waals surface area contributed by atoms with E-state index in [2.05, 4.69) is 0 Å². The van der Waals surface area contributed by atoms with E-state index in [9.17, 15) is 35.4 Å². The molecule has 0 amide bonds. The number of ether oxygens (including phenoxy) is 2. The van der Waals surface area contributed by atoms with Gasteiger partial charge in [0.15, 0.2) is 5.43 Å². The van der Waals surface area contributed by atoms with Crippen LogP contribution in [-0.2, 0) is 4.74 Å². The van der Waals surface area contributed by atoms with Crippen molar-refractivity contribution in [1.82, 2.24) is 0 Å². The highest BCUT2D eigenvalue weighted by Gasteiger charge is 2.46. The van der Waals surface area contributed by atoms with Crippen LogP contribution < -0.4 is 10.2 Å². The van der Waals surface area contributed by atoms with Crippen LogP contribution in [-0.4, -0.2) is 68.8 Å². The third-order valence-corrected chi connectivity index (χ3v) is 5.56. The Morgan fingerprint density at radius 3 is 2.31 bits per heavy atom. The van der Waals surface area contributed by atoms with Crippen molar-refractivity contribution >= 4 is 11.0 Å². The highest BCUT2D eigenvalue weighted by atomic mass is 16.5. The number of hydrogen-bond acceptors (Lipinski definition) is 10. The molecule has 5 unspecified atom stereocenters. The summed E-state index contributed by atoms with van der Waals surface area (Å²) in [5.41, 5.74) is -0.562. The lowest BCUT2D eigenvalue weighted by Crippen LogP contribution is -2.55. The van der Waals surface area contributed by atoms with Gasteiger partial charge in [0.1, 0.15) is 64.5 Å². The van der Waals surface area contributed by atoms with Gasteiger partial charge < -0.3 is 44.5 Å². The van der Waals surface area contributed by atoms with E-state index in [0.29, 0.717) is 11.3 Å². The molecule has 10 nitrogen and oxygen atoms in total. The van der Waals surface area contributed by atoms with E-state index in [0.717, 1.165) is 12.1 Å². The molecular formula is C22H22O10. The lowest BCUT2D eigenvalue weighted by molar-refractivity contribution is -0.232. The van der Waals surface area contributed by atoms with Crippen molar-refractivity contribution in [3.8, 4) is 28.6 Å². The summed E-state index contributed by atoms with van der Waals surface area (Å²) in [5.74, 6) is -0.491. The molecule has 1 aliphatic rings. The summed E-state index contributed by atoms with van der Waals surface area (Å²) in [6.45, 7) is -0.691. The molecule has 1 saturated heterocycles. The van der Waals surface area contributed by atoms with Crippen LogP contribution in [0.15, 0.2) is 45.6 Å². The van der Waals surface area contributed by atoms with Crippen LogP contribution in [0.2, 0.25) is 0 Å². The highest BCUT2D eigenvalue weighted by Crippen LogP contribution is 2.44. The molecule has 0 saturated carbocycles. The zero-order chi connectivity index (χ0) is 23.2. The van der Waals surface area contributed by atoms with Gasteiger partial charge >= 0.3 is 0 Å². The maximum atomic E-state index is 12.8. The molecule has 170 valence electrons. The van der Waals surface area contributed by atoms with Crippen molar-refractivity contribution in [1.29, 1.82) is 0 Å². The zero-order valence-corrected chi connectivity index (χ0v) is 16.9. The minimum absolute atomic E-state index is 0.119. The van der Waals surface area contributed by atoms with Gasteiger partial charge in [-0.2, -0.15) is 0 Å². The Morgan fingerprint density at radius 1 is 1.00 bits per heavy atom. The number of aliphatic hydroxyl groups is 4. The Hall–Kier alpha value is -3.15. The largest absolute Gasteiger partial charge is 0.507 e. The molecule has 3 aromatic rings. The monoisotopic (exact) mass is 446 g/mol. The molecule has 1 fully saturated rings. The Labute approximate surface area is 181 Å². The fourth-order valence-electron chi connectivity index (χ4n) is 3.82. The molecule has 2 aromatic carbocycles. The Bertz CT molecular complexity index is 1180. The maximum Gasteiger partial charge on any atom is 0.197 e. The molecule has 1 aromatic heterocycles. The highest BCUT2D eigenvalue weighted by molar-refractivity contribution is 5.88. The van der Waals surface area contributed by atoms with E-state index in [-0.39, 0.29) is 22.3 Å². The van der Waals surface area contributed by atoms with Gasteiger partial charge in [0.25, 0.3) is 0 Å². The average molecular weight is 446 g/mol. The standard InChI is InChI=1S/C22H22O10/c1-30-10-4-2-9(3-5-10)13-6-11(24)16-14(31-13)7-12(25)17(19(16)27)22-21(29)20(28)18(26)15(8-23)32-22/h2-7,15,18,20-23,25-29H,8H2,1H3. The van der Waals surface area contributed by atoms with Crippen molar-refractivity contribution in [3.63, 3.8) is 0 Å². The van der Waals surface area contributed by atoms with Crippen molar-refractivity contribution in [3.05, 3.63) is 52.2 Å². The Morgan fingerprint density at radius 2 is 1.69 bits per heavy atom. The molecule has 0 bridgehead atoms. The lowest BCUT2D eigenvalue weighted by Gasteiger charge is -2.40. The van der Waals surface area contributed by atoms with E-state index >= 15 is 0 Å². The van der Waals surface area contributed by atoms with Crippen LogP contribution in [0.25, 0.3) is 22.3 Å². The second kappa shape index (κ2) is 8.41. The van der Waals surface area contributed by atoms with Gasteiger partial charge in [0.2, 0.25) is 0 Å². The fraction of sp³-hybridized carbons (Fsp3) is 0.318. The molecule has 5 atom stereocenters. The van der Waals surface area contributed by atoms with Crippen molar-refractivity contribution in [2.75, 3.05) is 13.7 Å². The number of phenolic OH excluding ortho intramolecular Hbond substituents is 2. The van der Waals surface area contributed by atoms with E-state index in [1.807, 2.05) is 0 Å². The van der Waals surface area contributed by atoms with E-state index in [4.69, 9.17) is 13.9 Å². The van der Waals surface area contributed by atoms with Gasteiger partial charge in [-0.05, 0) is 24.3 Å². The van der Waals surface area contributed by atoms with Crippen LogP contribution in [0.3, 0.4) is 0 Å². The third kappa shape index (κ3) is 3.57. The second-order valence-electron chi connectivity index (χ2n) is 7.48. The average Bonchev–Trinajstić information content (AvgIpc) is 2.78. The van der Waals surface area contributed by atoms with Crippen LogP contribution >= 0.6 is 0 Å². The molecule has 0 aliphatic carbocycles. The smallest absolute Gasteiger partial charge is 0.197 e. The van der Waals surface area contributed by atoms with Crippen molar-refractivity contribution < 1.29 is 44.5 Å². The molecule has 4 rings (SSSR count). The molecule has 1 aliphatic heterocycles. The summed E-state index contributed by atoms with van der Waals surface area (Å²) in [6.07, 6.45) is -7.90. The van der Waals surface area contributed by atoms with Crippen LogP contribution in [0.4, 0.5) is 0 Å². The first kappa shape index (κ1) is 22.1.